The Morgan fingerprint density at radius 3 is 1.06 bits per heavy atom. The van der Waals surface area contributed by atoms with Crippen molar-refractivity contribution in [1.82, 2.24) is 0 Å². The van der Waals surface area contributed by atoms with Crippen molar-refractivity contribution in [3.05, 3.63) is 17.7 Å². The zero-order chi connectivity index (χ0) is 49.3. The lowest BCUT2D eigenvalue weighted by Crippen LogP contribution is -2.19. The standard InChI is InChI=1S/C63H114O6/c1-5-9-13-17-21-25-29-33-37-44-52-65-59-56-57(50-51-60(64)69-58-48-42-41-43-49-58)61(66-53-45-38-34-30-26-22-18-14-10-6-2)63(68-55-47-40-36-32-28-24-20-16-12-8-4)62(59)67-54-46-39-35-31-27-23-19-15-11-7-3/h50-51,56,58H,5-49,52-55H2,1-4H3. The summed E-state index contributed by atoms with van der Waals surface area (Å²) in [6.07, 6.45) is 59.9. The lowest BCUT2D eigenvalue weighted by molar-refractivity contribution is -0.144. The van der Waals surface area contributed by atoms with Crippen molar-refractivity contribution in [1.29, 1.82) is 0 Å². The molecule has 0 radical (unpaired) electrons. The average molecular weight is 968 g/mol. The van der Waals surface area contributed by atoms with Gasteiger partial charge in [-0.15, -0.1) is 0 Å². The number of hydrogen-bond acceptors (Lipinski definition) is 6. The SMILES string of the molecule is CCCCCCCCCCCCOc1cc(C=CC(=O)OC2CCCCC2)c(OCCCCCCCCCCCC)c(OCCCCCCCCCCCC)c1OCCCCCCCCCCCC. The number of carbonyl (C=O) groups is 1. The van der Waals surface area contributed by atoms with Crippen LogP contribution in [0.1, 0.15) is 322 Å². The molecule has 0 saturated heterocycles. The molecule has 1 aliphatic carbocycles. The number of hydrogen-bond donors (Lipinski definition) is 0. The third-order valence-electron chi connectivity index (χ3n) is 14.4. The first kappa shape index (κ1) is 62.7. The Labute approximate surface area is 428 Å². The van der Waals surface area contributed by atoms with Gasteiger partial charge in [0.15, 0.2) is 11.5 Å². The van der Waals surface area contributed by atoms with Crippen molar-refractivity contribution in [3.63, 3.8) is 0 Å². The molecule has 0 aromatic heterocycles. The summed E-state index contributed by atoms with van der Waals surface area (Å²) in [7, 11) is 0. The van der Waals surface area contributed by atoms with Gasteiger partial charge in [-0.2, -0.15) is 0 Å². The van der Waals surface area contributed by atoms with Gasteiger partial charge in [-0.05, 0) is 63.5 Å². The van der Waals surface area contributed by atoms with E-state index in [9.17, 15) is 4.79 Å². The molecule has 6 heteroatoms. The van der Waals surface area contributed by atoms with Crippen LogP contribution in [0.25, 0.3) is 6.08 Å². The highest BCUT2D eigenvalue weighted by molar-refractivity contribution is 5.88. The van der Waals surface area contributed by atoms with E-state index in [2.05, 4.69) is 33.8 Å². The predicted molar refractivity (Wildman–Crippen MR) is 298 cm³/mol. The molecule has 69 heavy (non-hydrogen) atoms. The van der Waals surface area contributed by atoms with Crippen LogP contribution in [0.2, 0.25) is 0 Å². The maximum absolute atomic E-state index is 13.4. The topological polar surface area (TPSA) is 63.2 Å². The van der Waals surface area contributed by atoms with Crippen LogP contribution in [-0.4, -0.2) is 38.5 Å². The highest BCUT2D eigenvalue weighted by Gasteiger charge is 2.24. The molecule has 0 atom stereocenters. The molecule has 1 fully saturated rings. The summed E-state index contributed by atoms with van der Waals surface area (Å²) in [5.41, 5.74) is 0.796. The Balaban J connectivity index is 2.32. The van der Waals surface area contributed by atoms with E-state index in [-0.39, 0.29) is 12.1 Å². The Bertz CT molecular complexity index is 1300. The molecule has 1 aromatic carbocycles. The first-order valence-electron chi connectivity index (χ1n) is 30.7. The van der Waals surface area contributed by atoms with Gasteiger partial charge in [0, 0.05) is 11.6 Å². The van der Waals surface area contributed by atoms with E-state index in [1.807, 2.05) is 6.08 Å². The average Bonchev–Trinajstić information content (AvgIpc) is 3.36. The van der Waals surface area contributed by atoms with Gasteiger partial charge in [0.05, 0.1) is 26.4 Å². The minimum absolute atomic E-state index is 0.00411. The van der Waals surface area contributed by atoms with E-state index in [4.69, 9.17) is 23.7 Å². The summed E-state index contributed by atoms with van der Waals surface area (Å²) in [6.45, 7) is 11.6. The zero-order valence-electron chi connectivity index (χ0n) is 46.4. The molecular weight excluding hydrogens is 853 g/mol. The van der Waals surface area contributed by atoms with Crippen LogP contribution in [-0.2, 0) is 9.53 Å². The highest BCUT2D eigenvalue weighted by atomic mass is 16.6. The number of benzene rings is 1. The molecule has 1 aliphatic rings. The van der Waals surface area contributed by atoms with E-state index in [1.54, 1.807) is 6.08 Å². The lowest BCUT2D eigenvalue weighted by Gasteiger charge is -2.22. The maximum Gasteiger partial charge on any atom is 0.331 e. The normalized spacial score (nSPS) is 13.1. The van der Waals surface area contributed by atoms with Gasteiger partial charge >= 0.3 is 5.97 Å². The van der Waals surface area contributed by atoms with Crippen LogP contribution in [0.15, 0.2) is 12.1 Å². The Kier molecular flexibility index (Phi) is 43.6. The molecule has 1 aromatic rings. The number of unbranched alkanes of at least 4 members (excludes halogenated alkanes) is 36. The number of esters is 1. The number of ether oxygens (including phenoxy) is 5. The van der Waals surface area contributed by atoms with Crippen molar-refractivity contribution >= 4 is 12.0 Å². The first-order chi connectivity index (χ1) is 34.1. The first-order valence-corrected chi connectivity index (χ1v) is 30.7. The van der Waals surface area contributed by atoms with Crippen LogP contribution in [0, 0.1) is 0 Å². The molecule has 0 spiro atoms. The summed E-state index contributed by atoms with van der Waals surface area (Å²) in [5.74, 6) is 2.40. The predicted octanol–water partition coefficient (Wildman–Crippen LogP) is 20.8. The minimum Gasteiger partial charge on any atom is -0.490 e. The minimum atomic E-state index is -0.288. The molecule has 0 N–H and O–H groups in total. The van der Waals surface area contributed by atoms with Crippen LogP contribution < -0.4 is 18.9 Å². The summed E-state index contributed by atoms with van der Waals surface area (Å²) in [5, 5.41) is 0. The summed E-state index contributed by atoms with van der Waals surface area (Å²) in [4.78, 5) is 13.4. The molecule has 0 aliphatic heterocycles. The second kappa shape index (κ2) is 47.9. The molecule has 6 nitrogen and oxygen atoms in total. The second-order valence-corrected chi connectivity index (χ2v) is 21.1. The molecule has 1 saturated carbocycles. The van der Waals surface area contributed by atoms with Crippen LogP contribution in [0.5, 0.6) is 23.0 Å². The van der Waals surface area contributed by atoms with Crippen molar-refractivity contribution in [2.75, 3.05) is 26.4 Å². The zero-order valence-corrected chi connectivity index (χ0v) is 46.4. The monoisotopic (exact) mass is 967 g/mol. The Morgan fingerprint density at radius 1 is 0.391 bits per heavy atom. The van der Waals surface area contributed by atoms with Gasteiger partial charge in [0.25, 0.3) is 0 Å². The third kappa shape index (κ3) is 35.4. The molecule has 2 rings (SSSR count). The van der Waals surface area contributed by atoms with Crippen molar-refractivity contribution in [3.8, 4) is 23.0 Å². The summed E-state index contributed by atoms with van der Waals surface area (Å²) in [6, 6.07) is 2.05. The summed E-state index contributed by atoms with van der Waals surface area (Å²) >= 11 is 0. The van der Waals surface area contributed by atoms with Crippen molar-refractivity contribution in [2.24, 2.45) is 0 Å². The third-order valence-corrected chi connectivity index (χ3v) is 14.4. The van der Waals surface area contributed by atoms with Crippen molar-refractivity contribution < 1.29 is 28.5 Å². The van der Waals surface area contributed by atoms with E-state index in [0.29, 0.717) is 49.4 Å². The molecular formula is C63H114O6. The van der Waals surface area contributed by atoms with Crippen molar-refractivity contribution in [2.45, 2.75) is 323 Å². The van der Waals surface area contributed by atoms with Gasteiger partial charge in [-0.1, -0.05) is 265 Å². The van der Waals surface area contributed by atoms with Crippen LogP contribution in [0.3, 0.4) is 0 Å². The van der Waals surface area contributed by atoms with Crippen LogP contribution >= 0.6 is 0 Å². The van der Waals surface area contributed by atoms with Gasteiger partial charge in [-0.3, -0.25) is 0 Å². The fourth-order valence-electron chi connectivity index (χ4n) is 9.87. The molecule has 0 unspecified atom stereocenters. The summed E-state index contributed by atoms with van der Waals surface area (Å²) < 4.78 is 33.2. The molecule has 0 heterocycles. The van der Waals surface area contributed by atoms with Gasteiger partial charge in [0.2, 0.25) is 11.5 Å². The van der Waals surface area contributed by atoms with E-state index in [0.717, 1.165) is 82.6 Å². The quantitative estimate of drug-likeness (QED) is 0.0368. The Hall–Kier alpha value is -2.37. The van der Waals surface area contributed by atoms with Gasteiger partial charge in [-0.25, -0.2) is 4.79 Å². The Morgan fingerprint density at radius 2 is 0.696 bits per heavy atom. The van der Waals surface area contributed by atoms with E-state index < -0.39 is 0 Å². The molecule has 402 valence electrons. The number of carbonyl (C=O) groups excluding carboxylic acids is 1. The number of rotatable bonds is 51. The van der Waals surface area contributed by atoms with E-state index in [1.165, 1.54) is 212 Å². The molecule has 0 bridgehead atoms. The molecule has 0 amide bonds. The maximum atomic E-state index is 13.4. The highest BCUT2D eigenvalue weighted by Crippen LogP contribution is 2.48. The second-order valence-electron chi connectivity index (χ2n) is 21.1. The van der Waals surface area contributed by atoms with Gasteiger partial charge < -0.3 is 23.7 Å². The smallest absolute Gasteiger partial charge is 0.331 e. The largest absolute Gasteiger partial charge is 0.490 e. The van der Waals surface area contributed by atoms with Crippen LogP contribution in [0.4, 0.5) is 0 Å². The fraction of sp³-hybridized carbons (Fsp3) is 0.857. The van der Waals surface area contributed by atoms with Gasteiger partial charge in [0.1, 0.15) is 6.10 Å². The van der Waals surface area contributed by atoms with E-state index >= 15 is 0 Å². The fourth-order valence-corrected chi connectivity index (χ4v) is 9.87. The lowest BCUT2D eigenvalue weighted by atomic mass is 9.98.